The minimum absolute atomic E-state index is 0.0748. The largest absolute Gasteiger partial charge is 0.463 e. The average Bonchev–Trinajstić information content (AvgIpc) is 3.18. The molecule has 1 saturated heterocycles. The molecule has 0 aliphatic carbocycles. The molecule has 1 amide bonds. The second-order valence-corrected chi connectivity index (χ2v) is 6.58. The quantitative estimate of drug-likeness (QED) is 0.452. The Morgan fingerprint density at radius 3 is 2.03 bits per heavy atom. The first kappa shape index (κ1) is 23.9. The Morgan fingerprint density at radius 1 is 0.903 bits per heavy atom. The standard InChI is InChI=1S/C19H23NO11/c1-9(21)27-8-14-16(28-10(2)22)17(29-11(3)23)15(19(31-14)30-12(4)24)20-18(25)13-6-5-7-26-13/h5-7,14-17,19H,8H2,1-4H3,(H,20,25)/t14-,15-,16+,17+,19+/m0/s1. The summed E-state index contributed by atoms with van der Waals surface area (Å²) < 4.78 is 31.4. The normalized spacial score (nSPS) is 25.1. The summed E-state index contributed by atoms with van der Waals surface area (Å²) in [5.74, 6) is -3.73. The number of amides is 1. The van der Waals surface area contributed by atoms with Gasteiger partial charge in [0.05, 0.1) is 6.26 Å². The van der Waals surface area contributed by atoms with Crippen LogP contribution in [0.1, 0.15) is 38.2 Å². The zero-order valence-electron chi connectivity index (χ0n) is 17.3. The average molecular weight is 441 g/mol. The number of ether oxygens (including phenoxy) is 5. The van der Waals surface area contributed by atoms with E-state index in [1.165, 1.54) is 18.4 Å². The van der Waals surface area contributed by atoms with Crippen molar-refractivity contribution >= 4 is 29.8 Å². The lowest BCUT2D eigenvalue weighted by Gasteiger charge is -2.44. The molecule has 0 spiro atoms. The van der Waals surface area contributed by atoms with Crippen LogP contribution in [0.4, 0.5) is 0 Å². The van der Waals surface area contributed by atoms with Crippen LogP contribution in [0.15, 0.2) is 22.8 Å². The second-order valence-electron chi connectivity index (χ2n) is 6.58. The molecule has 31 heavy (non-hydrogen) atoms. The molecule has 1 fully saturated rings. The summed E-state index contributed by atoms with van der Waals surface area (Å²) in [6.45, 7) is 4.08. The fourth-order valence-corrected chi connectivity index (χ4v) is 2.95. The van der Waals surface area contributed by atoms with E-state index in [-0.39, 0.29) is 5.76 Å². The molecule has 1 aromatic heterocycles. The van der Waals surface area contributed by atoms with E-state index in [4.69, 9.17) is 28.1 Å². The van der Waals surface area contributed by atoms with Crippen molar-refractivity contribution in [3.63, 3.8) is 0 Å². The number of rotatable bonds is 7. The van der Waals surface area contributed by atoms with Gasteiger partial charge in [-0.3, -0.25) is 24.0 Å². The van der Waals surface area contributed by atoms with Gasteiger partial charge in [-0.05, 0) is 12.1 Å². The summed E-state index contributed by atoms with van der Waals surface area (Å²) in [5.41, 5.74) is 0. The third-order valence-corrected chi connectivity index (χ3v) is 4.03. The lowest BCUT2D eigenvalue weighted by Crippen LogP contribution is -2.67. The van der Waals surface area contributed by atoms with Gasteiger partial charge in [-0.25, -0.2) is 0 Å². The third-order valence-electron chi connectivity index (χ3n) is 4.03. The van der Waals surface area contributed by atoms with Crippen molar-refractivity contribution in [3.05, 3.63) is 24.2 Å². The molecule has 2 heterocycles. The van der Waals surface area contributed by atoms with Crippen LogP contribution >= 0.6 is 0 Å². The van der Waals surface area contributed by atoms with Crippen LogP contribution in [0.2, 0.25) is 0 Å². The molecular weight excluding hydrogens is 418 g/mol. The minimum Gasteiger partial charge on any atom is -0.463 e. The highest BCUT2D eigenvalue weighted by molar-refractivity contribution is 5.91. The van der Waals surface area contributed by atoms with E-state index in [9.17, 15) is 24.0 Å². The molecule has 170 valence electrons. The van der Waals surface area contributed by atoms with Crippen molar-refractivity contribution in [2.24, 2.45) is 0 Å². The topological polar surface area (TPSA) is 157 Å². The maximum Gasteiger partial charge on any atom is 0.305 e. The van der Waals surface area contributed by atoms with Crippen molar-refractivity contribution in [1.29, 1.82) is 0 Å². The third kappa shape index (κ3) is 6.81. The zero-order valence-corrected chi connectivity index (χ0v) is 17.3. The summed E-state index contributed by atoms with van der Waals surface area (Å²) >= 11 is 0. The Bertz CT molecular complexity index is 819. The lowest BCUT2D eigenvalue weighted by molar-refractivity contribution is -0.270. The maximum absolute atomic E-state index is 12.5. The Labute approximate surface area is 177 Å². The van der Waals surface area contributed by atoms with Gasteiger partial charge in [0.25, 0.3) is 5.91 Å². The van der Waals surface area contributed by atoms with Crippen molar-refractivity contribution in [1.82, 2.24) is 5.32 Å². The Balaban J connectivity index is 2.42. The smallest absolute Gasteiger partial charge is 0.305 e. The maximum atomic E-state index is 12.5. The number of furan rings is 1. The first-order chi connectivity index (χ1) is 14.6. The lowest BCUT2D eigenvalue weighted by atomic mass is 9.96. The fourth-order valence-electron chi connectivity index (χ4n) is 2.95. The Hall–Kier alpha value is -3.41. The van der Waals surface area contributed by atoms with E-state index >= 15 is 0 Å². The SMILES string of the molecule is CC(=O)OC[C@@H]1O[C@@H](OC(C)=O)[C@@H](NC(=O)c2ccco2)[C@@H](OC(C)=O)[C@@H]1OC(C)=O. The van der Waals surface area contributed by atoms with Crippen molar-refractivity contribution in [2.45, 2.75) is 58.3 Å². The number of nitrogens with one attached hydrogen (secondary N) is 1. The Kier molecular flexibility index (Phi) is 8.14. The molecule has 0 unspecified atom stereocenters. The van der Waals surface area contributed by atoms with Crippen molar-refractivity contribution in [2.75, 3.05) is 6.61 Å². The number of hydrogen-bond acceptors (Lipinski definition) is 11. The van der Waals surface area contributed by atoms with Gasteiger partial charge in [-0.1, -0.05) is 0 Å². The van der Waals surface area contributed by atoms with Gasteiger partial charge < -0.3 is 33.4 Å². The molecule has 1 aliphatic rings. The predicted molar refractivity (Wildman–Crippen MR) is 98.1 cm³/mol. The van der Waals surface area contributed by atoms with E-state index in [1.807, 2.05) is 0 Å². The molecule has 0 bridgehead atoms. The minimum atomic E-state index is -1.46. The van der Waals surface area contributed by atoms with Crippen LogP contribution in [-0.2, 0) is 42.9 Å². The van der Waals surface area contributed by atoms with E-state index in [0.29, 0.717) is 0 Å². The monoisotopic (exact) mass is 441 g/mol. The van der Waals surface area contributed by atoms with Crippen LogP contribution in [-0.4, -0.2) is 67.0 Å². The van der Waals surface area contributed by atoms with E-state index in [2.05, 4.69) is 5.32 Å². The van der Waals surface area contributed by atoms with Crippen LogP contribution < -0.4 is 5.32 Å². The number of esters is 4. The van der Waals surface area contributed by atoms with Gasteiger partial charge in [0.1, 0.15) is 18.8 Å². The number of carbonyl (C=O) groups is 5. The first-order valence-corrected chi connectivity index (χ1v) is 9.23. The highest BCUT2D eigenvalue weighted by Gasteiger charge is 2.52. The number of carbonyl (C=O) groups excluding carboxylic acids is 5. The fraction of sp³-hybridized carbons (Fsp3) is 0.526. The molecule has 0 aromatic carbocycles. The van der Waals surface area contributed by atoms with E-state index in [1.54, 1.807) is 0 Å². The summed E-state index contributed by atoms with van der Waals surface area (Å²) in [7, 11) is 0. The second kappa shape index (κ2) is 10.6. The molecular formula is C19H23NO11. The zero-order chi connectivity index (χ0) is 23.1. The van der Waals surface area contributed by atoms with Gasteiger partial charge in [0.2, 0.25) is 6.29 Å². The number of hydrogen-bond donors (Lipinski definition) is 1. The summed E-state index contributed by atoms with van der Waals surface area (Å²) in [6, 6.07) is 1.58. The highest BCUT2D eigenvalue weighted by Crippen LogP contribution is 2.28. The van der Waals surface area contributed by atoms with Crippen molar-refractivity contribution in [3.8, 4) is 0 Å². The summed E-state index contributed by atoms with van der Waals surface area (Å²) in [5, 5.41) is 2.51. The molecule has 2 rings (SSSR count). The molecule has 12 nitrogen and oxygen atoms in total. The summed E-state index contributed by atoms with van der Waals surface area (Å²) in [6.07, 6.45) is -4.00. The van der Waals surface area contributed by atoms with Crippen LogP contribution in [0.5, 0.6) is 0 Å². The van der Waals surface area contributed by atoms with Crippen molar-refractivity contribution < 1.29 is 52.1 Å². The van der Waals surface area contributed by atoms with E-state index in [0.717, 1.165) is 27.7 Å². The predicted octanol–water partition coefficient (Wildman–Crippen LogP) is 0.0925. The molecule has 1 aliphatic heterocycles. The first-order valence-electron chi connectivity index (χ1n) is 9.23. The van der Waals surface area contributed by atoms with Gasteiger partial charge in [0.15, 0.2) is 18.0 Å². The molecule has 1 N–H and O–H groups in total. The van der Waals surface area contributed by atoms with Gasteiger partial charge >= 0.3 is 23.9 Å². The van der Waals surface area contributed by atoms with Crippen LogP contribution in [0.3, 0.4) is 0 Å². The molecule has 0 radical (unpaired) electrons. The molecule has 1 aromatic rings. The van der Waals surface area contributed by atoms with Crippen LogP contribution in [0.25, 0.3) is 0 Å². The Morgan fingerprint density at radius 2 is 1.52 bits per heavy atom. The van der Waals surface area contributed by atoms with Gasteiger partial charge in [0, 0.05) is 27.7 Å². The van der Waals surface area contributed by atoms with Gasteiger partial charge in [-0.15, -0.1) is 0 Å². The molecule has 12 heteroatoms. The molecule has 0 saturated carbocycles. The van der Waals surface area contributed by atoms with E-state index < -0.39 is 67.0 Å². The van der Waals surface area contributed by atoms with Gasteiger partial charge in [-0.2, -0.15) is 0 Å². The highest BCUT2D eigenvalue weighted by atomic mass is 16.7. The summed E-state index contributed by atoms with van der Waals surface area (Å²) in [4.78, 5) is 58.9. The van der Waals surface area contributed by atoms with Crippen LogP contribution in [0, 0.1) is 0 Å². The molecule has 5 atom stereocenters.